The number of fused-ring (bicyclic) bond motifs is 1. The van der Waals surface area contributed by atoms with E-state index < -0.39 is 0 Å². The van der Waals surface area contributed by atoms with Crippen molar-refractivity contribution >= 4 is 16.8 Å². The van der Waals surface area contributed by atoms with E-state index >= 15 is 0 Å². The van der Waals surface area contributed by atoms with Crippen LogP contribution in [0.3, 0.4) is 0 Å². The normalized spacial score (nSPS) is 15.2. The molecule has 32 heavy (non-hydrogen) atoms. The summed E-state index contributed by atoms with van der Waals surface area (Å²) in [6.07, 6.45) is 3.53. The summed E-state index contributed by atoms with van der Waals surface area (Å²) in [6.45, 7) is 5.54. The average molecular weight is 435 g/mol. The van der Waals surface area contributed by atoms with Crippen LogP contribution >= 0.6 is 0 Å². The first-order valence-electron chi connectivity index (χ1n) is 11.1. The maximum atomic E-state index is 13.0. The van der Waals surface area contributed by atoms with Crippen LogP contribution in [0.4, 0.5) is 0 Å². The van der Waals surface area contributed by atoms with Crippen LogP contribution in [0.5, 0.6) is 0 Å². The van der Waals surface area contributed by atoms with E-state index in [1.54, 1.807) is 23.9 Å². The van der Waals surface area contributed by atoms with Gasteiger partial charge in [0, 0.05) is 45.5 Å². The Labute approximate surface area is 188 Å². The van der Waals surface area contributed by atoms with Crippen LogP contribution in [0.15, 0.2) is 53.5 Å². The smallest absolute Gasteiger partial charge is 0.260 e. The van der Waals surface area contributed by atoms with E-state index in [0.29, 0.717) is 35.3 Å². The molecule has 7 heteroatoms. The fourth-order valence-corrected chi connectivity index (χ4v) is 4.24. The molecule has 1 aliphatic rings. The lowest BCUT2D eigenvalue weighted by Gasteiger charge is -2.32. The summed E-state index contributed by atoms with van der Waals surface area (Å²) in [4.78, 5) is 32.8. The molecule has 1 fully saturated rings. The first-order chi connectivity index (χ1) is 15.5. The van der Waals surface area contributed by atoms with Crippen molar-refractivity contribution in [3.05, 3.63) is 75.8 Å². The molecular weight excluding hydrogens is 404 g/mol. The summed E-state index contributed by atoms with van der Waals surface area (Å²) in [5, 5.41) is 3.61. The van der Waals surface area contributed by atoms with Crippen molar-refractivity contribution in [2.75, 3.05) is 26.8 Å². The third kappa shape index (κ3) is 5.06. The second-order valence-corrected chi connectivity index (χ2v) is 8.37. The fourth-order valence-electron chi connectivity index (χ4n) is 4.24. The van der Waals surface area contributed by atoms with Crippen molar-refractivity contribution in [2.24, 2.45) is 0 Å². The Morgan fingerprint density at radius 1 is 1.19 bits per heavy atom. The Balaban J connectivity index is 1.43. The lowest BCUT2D eigenvalue weighted by atomic mass is 10.0. The van der Waals surface area contributed by atoms with Crippen molar-refractivity contribution < 1.29 is 9.53 Å². The monoisotopic (exact) mass is 434 g/mol. The van der Waals surface area contributed by atoms with Crippen molar-refractivity contribution in [3.63, 3.8) is 0 Å². The fraction of sp³-hybridized carbons (Fsp3) is 0.400. The molecule has 0 aliphatic carbocycles. The molecule has 3 aromatic rings. The van der Waals surface area contributed by atoms with Gasteiger partial charge < -0.3 is 14.6 Å². The minimum absolute atomic E-state index is 0.124. The van der Waals surface area contributed by atoms with Gasteiger partial charge in [-0.25, -0.2) is 0 Å². The van der Waals surface area contributed by atoms with Crippen molar-refractivity contribution in [1.82, 2.24) is 19.8 Å². The number of ether oxygens (including phenoxy) is 1. The topological polar surface area (TPSA) is 76.5 Å². The summed E-state index contributed by atoms with van der Waals surface area (Å²) >= 11 is 0. The first-order valence-corrected chi connectivity index (χ1v) is 11.1. The quantitative estimate of drug-likeness (QED) is 0.619. The number of amides is 1. The molecular formula is C25H30N4O3. The van der Waals surface area contributed by atoms with Crippen molar-refractivity contribution in [3.8, 4) is 0 Å². The Kier molecular flexibility index (Phi) is 6.97. The number of hydrogen-bond acceptors (Lipinski definition) is 5. The molecule has 1 aromatic carbocycles. The van der Waals surface area contributed by atoms with Gasteiger partial charge in [-0.2, -0.15) is 0 Å². The van der Waals surface area contributed by atoms with Crippen LogP contribution in [0.2, 0.25) is 0 Å². The molecule has 1 saturated heterocycles. The van der Waals surface area contributed by atoms with Crippen molar-refractivity contribution in [2.45, 2.75) is 38.9 Å². The minimum atomic E-state index is -0.162. The molecule has 3 heterocycles. The highest BCUT2D eigenvalue weighted by molar-refractivity contribution is 5.98. The Bertz CT molecular complexity index is 1140. The second kappa shape index (κ2) is 10.1. The van der Waals surface area contributed by atoms with Gasteiger partial charge in [0.05, 0.1) is 28.8 Å². The number of likely N-dealkylation sites (tertiary alicyclic amines) is 1. The highest BCUT2D eigenvalue weighted by Gasteiger charge is 2.22. The minimum Gasteiger partial charge on any atom is -0.383 e. The van der Waals surface area contributed by atoms with E-state index in [2.05, 4.69) is 39.5 Å². The van der Waals surface area contributed by atoms with E-state index in [0.717, 1.165) is 32.5 Å². The van der Waals surface area contributed by atoms with Crippen LogP contribution in [0, 0.1) is 6.92 Å². The number of rotatable bonds is 7. The predicted molar refractivity (Wildman–Crippen MR) is 125 cm³/mol. The van der Waals surface area contributed by atoms with Gasteiger partial charge >= 0.3 is 0 Å². The highest BCUT2D eigenvalue weighted by atomic mass is 16.5. The van der Waals surface area contributed by atoms with Gasteiger partial charge in [0.15, 0.2) is 0 Å². The molecule has 0 atom stereocenters. The molecule has 1 aliphatic heterocycles. The number of piperidine rings is 1. The molecule has 7 nitrogen and oxygen atoms in total. The summed E-state index contributed by atoms with van der Waals surface area (Å²) in [5.41, 5.74) is 2.85. The van der Waals surface area contributed by atoms with Gasteiger partial charge in [-0.1, -0.05) is 30.3 Å². The molecule has 0 spiro atoms. The molecule has 168 valence electrons. The first kappa shape index (κ1) is 22.2. The van der Waals surface area contributed by atoms with Crippen molar-refractivity contribution in [1.29, 1.82) is 0 Å². The van der Waals surface area contributed by atoms with Gasteiger partial charge in [-0.15, -0.1) is 0 Å². The standard InChI is InChI=1S/C25H30N4O3/c1-18-21(16-22-23(26-18)10-13-29(25(22)31)14-15-32-2)24(30)27-20-8-11-28(12-9-20)17-19-6-4-3-5-7-19/h3-7,10,13,16,20H,8-9,11-12,14-15,17H2,1-2H3,(H,27,30). The third-order valence-electron chi connectivity index (χ3n) is 6.10. The van der Waals surface area contributed by atoms with E-state index in [1.807, 2.05) is 19.1 Å². The van der Waals surface area contributed by atoms with Crippen LogP contribution in [0.25, 0.3) is 10.9 Å². The van der Waals surface area contributed by atoms with Gasteiger partial charge in [0.2, 0.25) is 0 Å². The Morgan fingerprint density at radius 3 is 2.66 bits per heavy atom. The SMILES string of the molecule is COCCn1ccc2nc(C)c(C(=O)NC3CCN(Cc4ccccc4)CC3)cc2c1=O. The number of benzene rings is 1. The number of aryl methyl sites for hydroxylation is 1. The van der Waals surface area contributed by atoms with Gasteiger partial charge in [0.1, 0.15) is 0 Å². The predicted octanol–water partition coefficient (Wildman–Crippen LogP) is 2.75. The van der Waals surface area contributed by atoms with E-state index in [4.69, 9.17) is 4.74 Å². The maximum absolute atomic E-state index is 13.0. The number of nitrogens with zero attached hydrogens (tertiary/aromatic N) is 3. The lowest BCUT2D eigenvalue weighted by molar-refractivity contribution is 0.0908. The summed E-state index contributed by atoms with van der Waals surface area (Å²) < 4.78 is 6.67. The molecule has 0 unspecified atom stereocenters. The molecule has 0 bridgehead atoms. The van der Waals surface area contributed by atoms with E-state index in [-0.39, 0.29) is 17.5 Å². The number of hydrogen-bond donors (Lipinski definition) is 1. The molecule has 2 aromatic heterocycles. The van der Waals surface area contributed by atoms with Gasteiger partial charge in [-0.05, 0) is 37.5 Å². The second-order valence-electron chi connectivity index (χ2n) is 8.37. The summed E-state index contributed by atoms with van der Waals surface area (Å²) in [5.74, 6) is -0.162. The van der Waals surface area contributed by atoms with Gasteiger partial charge in [0.25, 0.3) is 11.5 Å². The molecule has 4 rings (SSSR count). The maximum Gasteiger partial charge on any atom is 0.260 e. The number of carbonyl (C=O) groups is 1. The lowest BCUT2D eigenvalue weighted by Crippen LogP contribution is -2.44. The highest BCUT2D eigenvalue weighted by Crippen LogP contribution is 2.17. The molecule has 1 amide bonds. The summed E-state index contributed by atoms with van der Waals surface area (Å²) in [7, 11) is 1.60. The molecule has 0 radical (unpaired) electrons. The number of nitrogens with one attached hydrogen (secondary N) is 1. The number of aromatic nitrogens is 2. The van der Waals surface area contributed by atoms with Crippen LogP contribution < -0.4 is 10.9 Å². The zero-order valence-corrected chi connectivity index (χ0v) is 18.7. The van der Waals surface area contributed by atoms with E-state index in [1.165, 1.54) is 5.56 Å². The zero-order chi connectivity index (χ0) is 22.5. The average Bonchev–Trinajstić information content (AvgIpc) is 2.80. The zero-order valence-electron chi connectivity index (χ0n) is 18.7. The Hall–Kier alpha value is -3.03. The largest absolute Gasteiger partial charge is 0.383 e. The summed E-state index contributed by atoms with van der Waals surface area (Å²) in [6, 6.07) is 14.1. The number of methoxy groups -OCH3 is 1. The number of pyridine rings is 2. The number of carbonyl (C=O) groups excluding carboxylic acids is 1. The van der Waals surface area contributed by atoms with E-state index in [9.17, 15) is 9.59 Å². The van der Waals surface area contributed by atoms with Crippen LogP contribution in [-0.4, -0.2) is 53.2 Å². The van der Waals surface area contributed by atoms with Crippen LogP contribution in [-0.2, 0) is 17.8 Å². The molecule has 0 saturated carbocycles. The van der Waals surface area contributed by atoms with Crippen LogP contribution in [0.1, 0.15) is 34.5 Å². The third-order valence-corrected chi connectivity index (χ3v) is 6.10. The van der Waals surface area contributed by atoms with Gasteiger partial charge in [-0.3, -0.25) is 19.5 Å². The molecule has 1 N–H and O–H groups in total. The Morgan fingerprint density at radius 2 is 1.94 bits per heavy atom.